The van der Waals surface area contributed by atoms with Gasteiger partial charge in [0.2, 0.25) is 17.6 Å². The first kappa shape index (κ1) is 38.4. The highest BCUT2D eigenvalue weighted by atomic mass is 32.2. The van der Waals surface area contributed by atoms with Crippen molar-refractivity contribution in [3.05, 3.63) is 77.5 Å². The SMILES string of the molecule is CCC(=O)SCC(C)C(=O)N1CCC[C@H]1C(=O)c1nc(N2CCN(C(=O)c3ccc(OCc4ccccc4)cc3)CC2)nc2cc(OC)c(OC)c(N)c12. The van der Waals surface area contributed by atoms with Crippen LogP contribution < -0.4 is 24.8 Å². The molecule has 2 saturated heterocycles. The number of rotatable bonds is 13. The number of Topliss-reactive ketones (excluding diaryl/α,β-unsaturated/α-hetero) is 1. The van der Waals surface area contributed by atoms with E-state index in [1.807, 2.05) is 35.2 Å². The molecule has 14 heteroatoms. The zero-order valence-electron chi connectivity index (χ0n) is 31.1. The van der Waals surface area contributed by atoms with Crippen molar-refractivity contribution < 1.29 is 33.4 Å². The minimum absolute atomic E-state index is 0.0210. The molecule has 6 rings (SSSR count). The average molecular weight is 755 g/mol. The van der Waals surface area contributed by atoms with Crippen molar-refractivity contribution in [2.75, 3.05) is 63.3 Å². The van der Waals surface area contributed by atoms with Crippen LogP contribution in [0.5, 0.6) is 17.2 Å². The lowest BCUT2D eigenvalue weighted by molar-refractivity contribution is -0.134. The minimum atomic E-state index is -0.755. The van der Waals surface area contributed by atoms with Gasteiger partial charge >= 0.3 is 0 Å². The number of benzene rings is 3. The molecular weight excluding hydrogens is 709 g/mol. The fraction of sp³-hybridized carbons (Fsp3) is 0.400. The number of nitrogen functional groups attached to an aromatic ring is 1. The third-order valence-electron chi connectivity index (χ3n) is 9.83. The number of amides is 2. The van der Waals surface area contributed by atoms with Crippen molar-refractivity contribution in [1.82, 2.24) is 19.8 Å². The monoisotopic (exact) mass is 754 g/mol. The van der Waals surface area contributed by atoms with Crippen LogP contribution >= 0.6 is 11.8 Å². The van der Waals surface area contributed by atoms with E-state index < -0.39 is 12.0 Å². The van der Waals surface area contributed by atoms with E-state index in [0.29, 0.717) is 98.3 Å². The van der Waals surface area contributed by atoms with E-state index in [2.05, 4.69) is 0 Å². The molecule has 2 N–H and O–H groups in total. The second-order valence-electron chi connectivity index (χ2n) is 13.4. The van der Waals surface area contributed by atoms with Crippen molar-refractivity contribution in [1.29, 1.82) is 0 Å². The highest BCUT2D eigenvalue weighted by Crippen LogP contribution is 2.41. The highest BCUT2D eigenvalue weighted by molar-refractivity contribution is 8.13. The van der Waals surface area contributed by atoms with Crippen molar-refractivity contribution >= 4 is 57.0 Å². The molecule has 1 unspecified atom stereocenters. The first-order valence-electron chi connectivity index (χ1n) is 18.2. The number of carbonyl (C=O) groups is 4. The summed E-state index contributed by atoms with van der Waals surface area (Å²) >= 11 is 1.14. The number of likely N-dealkylation sites (tertiary alicyclic amines) is 1. The lowest BCUT2D eigenvalue weighted by Crippen LogP contribution is -2.49. The quantitative estimate of drug-likeness (QED) is 0.140. The lowest BCUT2D eigenvalue weighted by Gasteiger charge is -2.35. The van der Waals surface area contributed by atoms with Crippen LogP contribution in [0.15, 0.2) is 60.7 Å². The predicted octanol–water partition coefficient (Wildman–Crippen LogP) is 5.25. The second kappa shape index (κ2) is 17.2. The minimum Gasteiger partial charge on any atom is -0.493 e. The molecule has 3 aromatic carbocycles. The molecule has 1 aromatic heterocycles. The fourth-order valence-corrected chi connectivity index (χ4v) is 7.60. The maximum absolute atomic E-state index is 14.5. The summed E-state index contributed by atoms with van der Waals surface area (Å²) in [6, 6.07) is 17.9. The molecule has 2 atom stereocenters. The van der Waals surface area contributed by atoms with Crippen molar-refractivity contribution in [3.63, 3.8) is 0 Å². The fourth-order valence-electron chi connectivity index (χ4n) is 6.82. The number of carbonyl (C=O) groups excluding carboxylic acids is 4. The van der Waals surface area contributed by atoms with E-state index in [0.717, 1.165) is 17.3 Å². The molecule has 2 aliphatic heterocycles. The zero-order chi connectivity index (χ0) is 38.4. The Balaban J connectivity index is 1.21. The number of hydrogen-bond donors (Lipinski definition) is 1. The molecule has 2 aliphatic rings. The Hall–Kier alpha value is -5.37. The van der Waals surface area contributed by atoms with Gasteiger partial charge in [-0.1, -0.05) is 55.9 Å². The number of anilines is 2. The molecule has 13 nitrogen and oxygen atoms in total. The smallest absolute Gasteiger partial charge is 0.253 e. The summed E-state index contributed by atoms with van der Waals surface area (Å²) in [6.45, 7) is 6.09. The van der Waals surface area contributed by atoms with Crippen molar-refractivity contribution in [3.8, 4) is 17.2 Å². The molecule has 0 bridgehead atoms. The molecule has 284 valence electrons. The van der Waals surface area contributed by atoms with Gasteiger partial charge in [-0.25, -0.2) is 9.97 Å². The van der Waals surface area contributed by atoms with Gasteiger partial charge in [-0.2, -0.15) is 0 Å². The third-order valence-corrected chi connectivity index (χ3v) is 11.1. The Kier molecular flexibility index (Phi) is 12.2. The highest BCUT2D eigenvalue weighted by Gasteiger charge is 2.39. The molecule has 4 aromatic rings. The third kappa shape index (κ3) is 8.23. The number of nitrogens with zero attached hydrogens (tertiary/aromatic N) is 5. The molecule has 54 heavy (non-hydrogen) atoms. The second-order valence-corrected chi connectivity index (χ2v) is 14.4. The number of nitrogens with two attached hydrogens (primary N) is 1. The summed E-state index contributed by atoms with van der Waals surface area (Å²) in [5.41, 5.74) is 8.90. The van der Waals surface area contributed by atoms with Gasteiger partial charge in [-0.05, 0) is 42.7 Å². The van der Waals surface area contributed by atoms with Gasteiger partial charge in [-0.15, -0.1) is 0 Å². The molecule has 2 fully saturated rings. The van der Waals surface area contributed by atoms with Crippen LogP contribution in [0.4, 0.5) is 11.6 Å². The van der Waals surface area contributed by atoms with Gasteiger partial charge < -0.3 is 34.6 Å². The molecule has 0 radical (unpaired) electrons. The lowest BCUT2D eigenvalue weighted by atomic mass is 10.0. The van der Waals surface area contributed by atoms with Crippen LogP contribution in [-0.4, -0.2) is 101 Å². The molecule has 2 amide bonds. The van der Waals surface area contributed by atoms with E-state index in [1.54, 1.807) is 54.0 Å². The van der Waals surface area contributed by atoms with Gasteiger partial charge in [0.15, 0.2) is 16.6 Å². The van der Waals surface area contributed by atoms with E-state index in [-0.39, 0.29) is 39.8 Å². The van der Waals surface area contributed by atoms with Gasteiger partial charge in [-0.3, -0.25) is 19.2 Å². The van der Waals surface area contributed by atoms with E-state index in [4.69, 9.17) is 29.9 Å². The standard InChI is InChI=1S/C40H46N6O7S/c1-5-32(47)54-24-25(2)38(49)46-17-9-12-30(46)36(48)35-33-29(22-31(51-3)37(52-4)34(33)41)42-40(43-35)45-20-18-44(19-21-45)39(50)27-13-15-28(16-14-27)53-23-26-10-7-6-8-11-26/h6-8,10-11,13-16,22,25,30H,5,9,12,17-21,23-24,41H2,1-4H3/t25?,30-/m0/s1. The number of ether oxygens (including phenoxy) is 3. The molecule has 0 saturated carbocycles. The Bertz CT molecular complexity index is 2000. The number of thioether (sulfide) groups is 1. The van der Waals surface area contributed by atoms with Gasteiger partial charge in [0.25, 0.3) is 5.91 Å². The summed E-state index contributed by atoms with van der Waals surface area (Å²) in [6.07, 6.45) is 1.51. The summed E-state index contributed by atoms with van der Waals surface area (Å²) in [7, 11) is 2.96. The van der Waals surface area contributed by atoms with E-state index >= 15 is 0 Å². The molecule has 0 aliphatic carbocycles. The van der Waals surface area contributed by atoms with Crippen LogP contribution in [-0.2, 0) is 16.2 Å². The Morgan fingerprint density at radius 2 is 1.67 bits per heavy atom. The maximum atomic E-state index is 14.5. The van der Waals surface area contributed by atoms with Crippen LogP contribution in [0.2, 0.25) is 0 Å². The van der Waals surface area contributed by atoms with Crippen LogP contribution in [0.1, 0.15) is 59.5 Å². The Morgan fingerprint density at radius 1 is 0.944 bits per heavy atom. The maximum Gasteiger partial charge on any atom is 0.253 e. The first-order chi connectivity index (χ1) is 26.1. The normalized spacial score (nSPS) is 16.3. The van der Waals surface area contributed by atoms with Crippen LogP contribution in [0.3, 0.4) is 0 Å². The van der Waals surface area contributed by atoms with Gasteiger partial charge in [0, 0.05) is 62.4 Å². The van der Waals surface area contributed by atoms with Crippen LogP contribution in [0, 0.1) is 5.92 Å². The molecular formula is C40H46N6O7S. The molecule has 3 heterocycles. The summed E-state index contributed by atoms with van der Waals surface area (Å²) in [5.74, 6) is 0.867. The van der Waals surface area contributed by atoms with Crippen molar-refractivity contribution in [2.24, 2.45) is 5.92 Å². The van der Waals surface area contributed by atoms with Gasteiger partial charge in [0.1, 0.15) is 18.1 Å². The van der Waals surface area contributed by atoms with E-state index in [1.165, 1.54) is 14.2 Å². The van der Waals surface area contributed by atoms with Gasteiger partial charge in [0.05, 0.1) is 36.9 Å². The van der Waals surface area contributed by atoms with Crippen molar-refractivity contribution in [2.45, 2.75) is 45.8 Å². The van der Waals surface area contributed by atoms with E-state index in [9.17, 15) is 19.2 Å². The summed E-state index contributed by atoms with van der Waals surface area (Å²) < 4.78 is 17.0. The number of aromatic nitrogens is 2. The number of ketones is 1. The number of piperazine rings is 1. The topological polar surface area (TPSA) is 157 Å². The summed E-state index contributed by atoms with van der Waals surface area (Å²) in [4.78, 5) is 68.6. The molecule has 0 spiro atoms. The summed E-state index contributed by atoms with van der Waals surface area (Å²) in [5, 5.41) is 0.343. The predicted molar refractivity (Wildman–Crippen MR) is 208 cm³/mol. The number of methoxy groups -OCH3 is 2. The number of fused-ring (bicyclic) bond motifs is 1. The number of hydrogen-bond acceptors (Lipinski definition) is 12. The zero-order valence-corrected chi connectivity index (χ0v) is 31.9. The largest absolute Gasteiger partial charge is 0.493 e. The first-order valence-corrected chi connectivity index (χ1v) is 19.2. The Labute approximate surface area is 319 Å². The Morgan fingerprint density at radius 3 is 2.33 bits per heavy atom. The average Bonchev–Trinajstić information content (AvgIpc) is 3.71. The van der Waals surface area contributed by atoms with Crippen LogP contribution in [0.25, 0.3) is 10.9 Å².